The van der Waals surface area contributed by atoms with Crippen LogP contribution in [0.15, 0.2) is 72.8 Å². The molecule has 2 heterocycles. The van der Waals surface area contributed by atoms with Crippen LogP contribution < -0.4 is 101 Å². The number of amides is 7. The van der Waals surface area contributed by atoms with Crippen LogP contribution >= 0.6 is 23.5 Å². The third-order valence-electron chi connectivity index (χ3n) is 13.9. The fourth-order valence-electron chi connectivity index (χ4n) is 9.51. The number of rotatable bonds is 35. The molecule has 14 N–H and O–H groups in total. The quantitative estimate of drug-likeness (QED) is 0.0113. The van der Waals surface area contributed by atoms with Gasteiger partial charge in [0.2, 0.25) is 29.4 Å². The van der Waals surface area contributed by atoms with E-state index >= 15 is 0 Å². The number of hydrogen-bond acceptors (Lipinski definition) is 24. The van der Waals surface area contributed by atoms with Crippen LogP contribution in [-0.4, -0.2) is 224 Å². The molecule has 0 saturated carbocycles. The molecule has 3 aromatic carbocycles. The maximum atomic E-state index is 13.0. The summed E-state index contributed by atoms with van der Waals surface area (Å²) in [5.74, 6) is -8.39. The number of anilines is 2. The van der Waals surface area contributed by atoms with E-state index in [1.807, 2.05) is 0 Å². The van der Waals surface area contributed by atoms with Gasteiger partial charge in [0.05, 0.1) is 48.9 Å². The van der Waals surface area contributed by atoms with E-state index in [4.69, 9.17) is 18.9 Å². The molecular formula is C59H78N7Na2O22S2-. The number of carbonyl (C=O) groups is 9. The average Bonchev–Trinajstić information content (AvgIpc) is 0.789. The molecule has 92 heavy (non-hydrogen) atoms. The number of carboxylic acid groups (broad SMARTS) is 1. The number of Topliss-reactive ketones (excluding diaryl/α,β-unsaturated/α-hetero) is 1. The van der Waals surface area contributed by atoms with E-state index in [2.05, 4.69) is 37.2 Å². The number of ether oxygens (including phenoxy) is 4. The second-order valence-corrected chi connectivity index (χ2v) is 23.5. The predicted octanol–water partition coefficient (Wildman–Crippen LogP) is -7.73. The van der Waals surface area contributed by atoms with Gasteiger partial charge in [0.25, 0.3) is 17.7 Å². The monoisotopic (exact) mass is 1350 g/mol. The summed E-state index contributed by atoms with van der Waals surface area (Å²) in [6.45, 7) is 3.85. The Bertz CT molecular complexity index is 2910. The number of thioether (sulfide) groups is 2. The molecule has 0 radical (unpaired) electrons. The summed E-state index contributed by atoms with van der Waals surface area (Å²) in [6.07, 6.45) is -12.1. The molecule has 33 heteroatoms. The van der Waals surface area contributed by atoms with Gasteiger partial charge in [-0.15, -0.1) is 0 Å². The van der Waals surface area contributed by atoms with Crippen LogP contribution in [0, 0.1) is 0 Å². The second kappa shape index (κ2) is 41.1. The van der Waals surface area contributed by atoms with Gasteiger partial charge in [-0.1, -0.05) is 12.1 Å². The SMILES string of the molecule is CC(=O)Nc1ccc(C(=O)NC[C@@H](O)[C@@H](O)[C@@H]2O[C@]([C-]=O)(OCCCSCCNC(=O)c3ccc(C(=O)CCCSCCCO[C@]4(C(=O)[O-])C[C@H](O)[C@@H](NC(C)=O)[C@H]([C@H](O)[C@H](O)CNC(=O)c5ccc(NC(C)=O)cc5)O4)cc3)C[C@H](O)[C@H]2NC(C)=O)cc1.[Na+].[Na+].[OH-]. The molecule has 5 rings (SSSR count). The van der Waals surface area contributed by atoms with Crippen molar-refractivity contribution in [3.05, 3.63) is 95.1 Å². The molecule has 0 spiro atoms. The van der Waals surface area contributed by atoms with E-state index in [0.717, 1.165) is 13.8 Å². The first kappa shape index (κ1) is 83.1. The number of carboxylic acids is 1. The van der Waals surface area contributed by atoms with Crippen molar-refractivity contribution in [2.24, 2.45) is 0 Å². The second-order valence-electron chi connectivity index (χ2n) is 21.1. The maximum absolute atomic E-state index is 13.0. The van der Waals surface area contributed by atoms with Crippen molar-refractivity contribution in [1.82, 2.24) is 26.6 Å². The Morgan fingerprint density at radius 3 is 1.42 bits per heavy atom. The summed E-state index contributed by atoms with van der Waals surface area (Å²) in [6, 6.07) is 15.1. The van der Waals surface area contributed by atoms with Crippen molar-refractivity contribution in [2.75, 3.05) is 66.5 Å². The van der Waals surface area contributed by atoms with E-state index < -0.39 is 128 Å². The molecule has 2 saturated heterocycles. The normalized spacial score (nSPS) is 22.1. The fraction of sp³-hybridized carbons (Fsp3) is 0.525. The van der Waals surface area contributed by atoms with E-state index in [1.54, 1.807) is 18.4 Å². The molecular weight excluding hydrogens is 1270 g/mol. The van der Waals surface area contributed by atoms with Crippen molar-refractivity contribution in [1.29, 1.82) is 0 Å². The molecule has 2 aliphatic rings. The maximum Gasteiger partial charge on any atom is 1.00 e. The minimum atomic E-state index is -2.60. The zero-order chi connectivity index (χ0) is 65.4. The zero-order valence-electron chi connectivity index (χ0n) is 51.9. The van der Waals surface area contributed by atoms with E-state index in [0.29, 0.717) is 58.4 Å². The Labute approximate surface area is 584 Å². The van der Waals surface area contributed by atoms with Gasteiger partial charge < -0.3 is 107 Å². The van der Waals surface area contributed by atoms with Crippen molar-refractivity contribution < 1.29 is 167 Å². The number of benzene rings is 3. The van der Waals surface area contributed by atoms with Crippen molar-refractivity contribution in [3.63, 3.8) is 0 Å². The molecule has 2 fully saturated rings. The Morgan fingerprint density at radius 2 is 0.978 bits per heavy atom. The van der Waals surface area contributed by atoms with Crippen LogP contribution in [0.2, 0.25) is 0 Å². The summed E-state index contributed by atoms with van der Waals surface area (Å²) >= 11 is 2.92. The molecule has 496 valence electrons. The van der Waals surface area contributed by atoms with Gasteiger partial charge in [-0.2, -0.15) is 23.5 Å². The molecule has 29 nitrogen and oxygen atoms in total. The molecule has 0 aliphatic carbocycles. The summed E-state index contributed by atoms with van der Waals surface area (Å²) in [5.41, 5.74) is 1.95. The summed E-state index contributed by atoms with van der Waals surface area (Å²) in [4.78, 5) is 123. The van der Waals surface area contributed by atoms with Gasteiger partial charge in [0, 0.05) is 113 Å². The first-order chi connectivity index (χ1) is 42.3. The standard InChI is InChI=1S/C59H78N7O21S2.2Na.H2O/c1-33(68)63-41-17-13-39(14-18-41)55(80)61-30-46(75)50(77)52-48(65-35(3)70)44(73)28-58(32-67,86-52)84-22-6-26-89-27-21-60-54(79)38-11-9-37(10-12-38)43(72)8-5-24-88-25-7-23-85-59(57(82)83)29-45(74)49(66-36(4)71)53(87-59)51(78)47(76)31-62-56(81)40-15-19-42(20-16-40)64-34(2)69;;;/h9-20,44-53,73-78H,5-8,21-31H2,1-4H3,(H,60,79)(H,61,80)(H,62,81)(H,63,68)(H,64,69)(H,65,70)(H,66,71)(H,82,83);;;1H2/q-1;2*+1;/p-2/t44-,45-,46+,47+,48+,49+,50+,51+,52+,53+,58+,59+;;;/m0.../s1. The topological polar surface area (TPSA) is 466 Å². The van der Waals surface area contributed by atoms with Crippen LogP contribution in [0.3, 0.4) is 0 Å². The Kier molecular flexibility index (Phi) is 37.1. The van der Waals surface area contributed by atoms with E-state index in [1.165, 1.54) is 98.0 Å². The molecule has 7 amide bonds. The van der Waals surface area contributed by atoms with Crippen molar-refractivity contribution >= 4 is 94.3 Å². The van der Waals surface area contributed by atoms with Crippen LogP contribution in [0.4, 0.5) is 11.4 Å². The zero-order valence-corrected chi connectivity index (χ0v) is 57.5. The van der Waals surface area contributed by atoms with Gasteiger partial charge in [-0.3, -0.25) is 38.4 Å². The number of hydrogen-bond donors (Lipinski definition) is 13. The van der Waals surface area contributed by atoms with E-state index in [-0.39, 0.29) is 132 Å². The minimum Gasteiger partial charge on any atom is -0.870 e. The van der Waals surface area contributed by atoms with E-state index in [9.17, 15) is 83.7 Å². The van der Waals surface area contributed by atoms with Crippen LogP contribution in [0.1, 0.15) is 108 Å². The Morgan fingerprint density at radius 1 is 0.576 bits per heavy atom. The van der Waals surface area contributed by atoms with Crippen LogP contribution in [0.5, 0.6) is 0 Å². The molecule has 0 bridgehead atoms. The Balaban J connectivity index is 0.00000961. The Hall–Kier alpha value is -4.98. The number of nitrogens with one attached hydrogen (secondary N) is 7. The number of aliphatic hydroxyl groups is 6. The minimum absolute atomic E-state index is 0. The van der Waals surface area contributed by atoms with Gasteiger partial charge in [-0.25, -0.2) is 6.29 Å². The number of aliphatic hydroxyl groups excluding tert-OH is 6. The average molecular weight is 1350 g/mol. The van der Waals surface area contributed by atoms with Gasteiger partial charge >= 0.3 is 59.1 Å². The summed E-state index contributed by atoms with van der Waals surface area (Å²) in [7, 11) is 0. The smallest absolute Gasteiger partial charge is 0.870 e. The van der Waals surface area contributed by atoms with Gasteiger partial charge in [-0.05, 0) is 97.2 Å². The largest absolute Gasteiger partial charge is 1.00 e. The summed E-state index contributed by atoms with van der Waals surface area (Å²) in [5, 5.41) is 96.6. The van der Waals surface area contributed by atoms with Crippen LogP contribution in [0.25, 0.3) is 0 Å². The molecule has 0 aromatic heterocycles. The first-order valence-electron chi connectivity index (χ1n) is 28.5. The molecule has 12 atom stereocenters. The first-order valence-corrected chi connectivity index (χ1v) is 30.8. The molecule has 3 aromatic rings. The van der Waals surface area contributed by atoms with Crippen LogP contribution in [-0.2, 0) is 47.7 Å². The van der Waals surface area contributed by atoms with Crippen molar-refractivity contribution in [3.8, 4) is 0 Å². The number of carbonyl (C=O) groups excluding carboxylic acids is 10. The third-order valence-corrected chi connectivity index (χ3v) is 16.1. The van der Waals surface area contributed by atoms with Gasteiger partial charge in [0.1, 0.15) is 30.4 Å². The van der Waals surface area contributed by atoms with Gasteiger partial charge in [0.15, 0.2) is 5.78 Å². The molecule has 2 aliphatic heterocycles. The number of ketones is 1. The number of aliphatic carboxylic acids is 1. The summed E-state index contributed by atoms with van der Waals surface area (Å²) < 4.78 is 23.0. The molecule has 0 unspecified atom stereocenters. The fourth-order valence-corrected chi connectivity index (χ4v) is 11.2. The predicted molar refractivity (Wildman–Crippen MR) is 323 cm³/mol. The van der Waals surface area contributed by atoms with Crippen molar-refractivity contribution in [2.45, 2.75) is 139 Å². The third kappa shape index (κ3) is 26.0.